The van der Waals surface area contributed by atoms with Crippen LogP contribution in [0.25, 0.3) is 0 Å². The fraction of sp³-hybridized carbons (Fsp3) is 1.00. The summed E-state index contributed by atoms with van der Waals surface area (Å²) in [6.07, 6.45) is 1.49. The minimum atomic E-state index is 0.381. The van der Waals surface area contributed by atoms with Crippen LogP contribution in [0.15, 0.2) is 0 Å². The Morgan fingerprint density at radius 1 is 1.55 bits per heavy atom. The monoisotopic (exact) mass is 157 g/mol. The predicted molar refractivity (Wildman–Crippen MR) is 44.8 cm³/mol. The Balaban J connectivity index is 2.05. The molecule has 1 aliphatic heterocycles. The molecule has 0 spiro atoms. The molecule has 1 radical (unpaired) electrons. The second-order valence-corrected chi connectivity index (χ2v) is 3.21. The molecule has 0 aromatic heterocycles. The molecule has 1 rings (SSSR count). The standard InChI is InChI=1S/C8H17N2O/c1-10(2)5-3-8-7-9-4-6-11-8/h8H,3-7H2,1-2H3. The van der Waals surface area contributed by atoms with Gasteiger partial charge in [-0.05, 0) is 20.5 Å². The average Bonchev–Trinajstić information content (AvgIpc) is 2.03. The van der Waals surface area contributed by atoms with E-state index in [9.17, 15) is 0 Å². The number of rotatable bonds is 3. The minimum absolute atomic E-state index is 0.381. The van der Waals surface area contributed by atoms with E-state index in [1.807, 2.05) is 0 Å². The van der Waals surface area contributed by atoms with Crippen molar-refractivity contribution in [2.45, 2.75) is 12.5 Å². The Kier molecular flexibility index (Phi) is 3.83. The van der Waals surface area contributed by atoms with E-state index in [1.54, 1.807) is 0 Å². The first-order chi connectivity index (χ1) is 5.29. The summed E-state index contributed by atoms with van der Waals surface area (Å²) < 4.78 is 5.51. The van der Waals surface area contributed by atoms with Crippen molar-refractivity contribution in [3.8, 4) is 0 Å². The molecule has 0 aliphatic carbocycles. The van der Waals surface area contributed by atoms with E-state index < -0.39 is 0 Å². The summed E-state index contributed by atoms with van der Waals surface area (Å²) >= 11 is 0. The fourth-order valence-corrected chi connectivity index (χ4v) is 1.15. The molecule has 0 bridgehead atoms. The lowest BCUT2D eigenvalue weighted by Crippen LogP contribution is -2.35. The Labute approximate surface area is 68.7 Å². The van der Waals surface area contributed by atoms with Crippen LogP contribution < -0.4 is 5.32 Å². The lowest BCUT2D eigenvalue weighted by Gasteiger charge is -2.23. The minimum Gasteiger partial charge on any atom is -0.375 e. The first kappa shape index (κ1) is 8.97. The average molecular weight is 157 g/mol. The van der Waals surface area contributed by atoms with Gasteiger partial charge in [0.15, 0.2) is 0 Å². The van der Waals surface area contributed by atoms with E-state index >= 15 is 0 Å². The molecule has 0 N–H and O–H groups in total. The topological polar surface area (TPSA) is 26.6 Å². The number of morpholine rings is 1. The first-order valence-corrected chi connectivity index (χ1v) is 4.18. The van der Waals surface area contributed by atoms with Crippen molar-refractivity contribution in [2.24, 2.45) is 0 Å². The lowest BCUT2D eigenvalue weighted by atomic mass is 10.2. The Hall–Kier alpha value is -0.120. The summed E-state index contributed by atoms with van der Waals surface area (Å²) in [6.45, 7) is 3.70. The summed E-state index contributed by atoms with van der Waals surface area (Å²) in [4.78, 5) is 2.18. The van der Waals surface area contributed by atoms with Gasteiger partial charge >= 0.3 is 0 Å². The molecule has 3 nitrogen and oxygen atoms in total. The Bertz CT molecular complexity index is 100. The van der Waals surface area contributed by atoms with Gasteiger partial charge in [-0.15, -0.1) is 0 Å². The molecule has 1 heterocycles. The maximum Gasteiger partial charge on any atom is 0.0729 e. The van der Waals surface area contributed by atoms with Crippen molar-refractivity contribution in [2.75, 3.05) is 40.3 Å². The largest absolute Gasteiger partial charge is 0.375 e. The lowest BCUT2D eigenvalue weighted by molar-refractivity contribution is 0.0183. The second-order valence-electron chi connectivity index (χ2n) is 3.21. The molecule has 1 aliphatic rings. The molecule has 3 heteroatoms. The molecule has 1 saturated heterocycles. The van der Waals surface area contributed by atoms with Crippen molar-refractivity contribution < 1.29 is 4.74 Å². The van der Waals surface area contributed by atoms with E-state index in [-0.39, 0.29) is 0 Å². The first-order valence-electron chi connectivity index (χ1n) is 4.18. The van der Waals surface area contributed by atoms with Crippen LogP contribution in [-0.2, 0) is 4.74 Å². The third-order valence-electron chi connectivity index (χ3n) is 1.83. The van der Waals surface area contributed by atoms with Crippen LogP contribution >= 0.6 is 0 Å². The van der Waals surface area contributed by atoms with E-state index in [1.165, 1.54) is 0 Å². The van der Waals surface area contributed by atoms with Crippen LogP contribution in [0.3, 0.4) is 0 Å². The Morgan fingerprint density at radius 2 is 2.36 bits per heavy atom. The van der Waals surface area contributed by atoms with Gasteiger partial charge in [0.05, 0.1) is 12.7 Å². The Morgan fingerprint density at radius 3 is 2.91 bits per heavy atom. The summed E-state index contributed by atoms with van der Waals surface area (Å²) in [6, 6.07) is 0. The molecular weight excluding hydrogens is 140 g/mol. The van der Waals surface area contributed by atoms with Crippen LogP contribution in [-0.4, -0.2) is 51.3 Å². The van der Waals surface area contributed by atoms with Crippen LogP contribution in [0.1, 0.15) is 6.42 Å². The summed E-state index contributed by atoms with van der Waals surface area (Å²) in [5, 5.41) is 4.29. The third kappa shape index (κ3) is 3.70. The van der Waals surface area contributed by atoms with Crippen LogP contribution in [0.4, 0.5) is 0 Å². The van der Waals surface area contributed by atoms with Crippen molar-refractivity contribution in [1.82, 2.24) is 10.2 Å². The van der Waals surface area contributed by atoms with Gasteiger partial charge in [0.1, 0.15) is 0 Å². The van der Waals surface area contributed by atoms with Crippen molar-refractivity contribution in [3.05, 3.63) is 0 Å². The third-order valence-corrected chi connectivity index (χ3v) is 1.83. The van der Waals surface area contributed by atoms with E-state index in [4.69, 9.17) is 4.74 Å². The van der Waals surface area contributed by atoms with Crippen molar-refractivity contribution in [3.63, 3.8) is 0 Å². The van der Waals surface area contributed by atoms with Gasteiger partial charge in [-0.1, -0.05) is 0 Å². The van der Waals surface area contributed by atoms with Crippen LogP contribution in [0.5, 0.6) is 0 Å². The van der Waals surface area contributed by atoms with Crippen molar-refractivity contribution in [1.29, 1.82) is 0 Å². The van der Waals surface area contributed by atoms with Gasteiger partial charge in [0.25, 0.3) is 0 Å². The second kappa shape index (κ2) is 4.70. The summed E-state index contributed by atoms with van der Waals surface area (Å²) in [5.41, 5.74) is 0. The molecule has 65 valence electrons. The zero-order valence-electron chi connectivity index (χ0n) is 7.42. The molecule has 1 atom stereocenters. The zero-order valence-corrected chi connectivity index (χ0v) is 7.42. The summed E-state index contributed by atoms with van der Waals surface area (Å²) in [7, 11) is 4.17. The highest BCUT2D eigenvalue weighted by atomic mass is 16.5. The van der Waals surface area contributed by atoms with Crippen molar-refractivity contribution >= 4 is 0 Å². The quantitative estimate of drug-likeness (QED) is 0.574. The van der Waals surface area contributed by atoms with Crippen LogP contribution in [0.2, 0.25) is 0 Å². The molecule has 11 heavy (non-hydrogen) atoms. The maximum atomic E-state index is 5.51. The number of nitrogens with zero attached hydrogens (tertiary/aromatic N) is 2. The van der Waals surface area contributed by atoms with Gasteiger partial charge in [-0.3, -0.25) is 0 Å². The van der Waals surface area contributed by atoms with Gasteiger partial charge in [-0.2, -0.15) is 0 Å². The van der Waals surface area contributed by atoms with Gasteiger partial charge in [-0.25, -0.2) is 5.32 Å². The highest BCUT2D eigenvalue weighted by Crippen LogP contribution is 2.02. The fourth-order valence-electron chi connectivity index (χ4n) is 1.15. The smallest absolute Gasteiger partial charge is 0.0729 e. The highest BCUT2D eigenvalue weighted by molar-refractivity contribution is 4.67. The van der Waals surface area contributed by atoms with E-state index in [0.29, 0.717) is 6.10 Å². The molecule has 1 unspecified atom stereocenters. The number of ether oxygens (including phenoxy) is 1. The number of hydrogen-bond donors (Lipinski definition) is 0. The maximum absolute atomic E-state index is 5.51. The van der Waals surface area contributed by atoms with E-state index in [0.717, 1.165) is 32.7 Å². The SMILES string of the molecule is CN(C)CCC1C[N]CCO1. The molecular formula is C8H17N2O. The normalized spacial score (nSPS) is 25.9. The van der Waals surface area contributed by atoms with Gasteiger partial charge in [0.2, 0.25) is 0 Å². The molecule has 0 aromatic rings. The zero-order chi connectivity index (χ0) is 8.10. The molecule has 0 saturated carbocycles. The summed E-state index contributed by atoms with van der Waals surface area (Å²) in [5.74, 6) is 0. The van der Waals surface area contributed by atoms with E-state index in [2.05, 4.69) is 24.3 Å². The molecule has 1 fully saturated rings. The van der Waals surface area contributed by atoms with Gasteiger partial charge < -0.3 is 9.64 Å². The van der Waals surface area contributed by atoms with Crippen LogP contribution in [0, 0.1) is 0 Å². The molecule has 0 aromatic carbocycles. The number of hydrogen-bond acceptors (Lipinski definition) is 2. The predicted octanol–water partition coefficient (Wildman–Crippen LogP) is -0.0587. The van der Waals surface area contributed by atoms with Gasteiger partial charge in [0, 0.05) is 19.6 Å². The highest BCUT2D eigenvalue weighted by Gasteiger charge is 2.13. The molecule has 0 amide bonds.